The highest BCUT2D eigenvalue weighted by Gasteiger charge is 2.11. The topological polar surface area (TPSA) is 76.7 Å². The first-order valence-corrected chi connectivity index (χ1v) is 9.63. The van der Waals surface area contributed by atoms with Gasteiger partial charge < -0.3 is 20.1 Å². The molecule has 2 rings (SSSR count). The van der Waals surface area contributed by atoms with Crippen molar-refractivity contribution >= 4 is 29.5 Å². The second kappa shape index (κ2) is 11.1. The van der Waals surface area contributed by atoms with Crippen molar-refractivity contribution in [1.82, 2.24) is 10.6 Å². The molecule has 0 saturated heterocycles. The first kappa shape index (κ1) is 22.3. The van der Waals surface area contributed by atoms with Gasteiger partial charge in [-0.15, -0.1) is 0 Å². The molecule has 0 spiro atoms. The summed E-state index contributed by atoms with van der Waals surface area (Å²) in [7, 11) is 3.11. The number of carbonyl (C=O) groups excluding carboxylic acids is 2. The van der Waals surface area contributed by atoms with Crippen molar-refractivity contribution in [3.8, 4) is 11.5 Å². The lowest BCUT2D eigenvalue weighted by atomic mass is 10.1. The molecule has 154 valence electrons. The van der Waals surface area contributed by atoms with Crippen LogP contribution in [0.15, 0.2) is 42.5 Å². The highest BCUT2D eigenvalue weighted by molar-refractivity contribution is 6.32. The molecular formula is C22H25ClN2O4. The van der Waals surface area contributed by atoms with E-state index in [0.717, 1.165) is 12.0 Å². The molecule has 2 amide bonds. The van der Waals surface area contributed by atoms with Crippen LogP contribution in [0.3, 0.4) is 0 Å². The maximum Gasteiger partial charge on any atom is 0.251 e. The number of halogens is 1. The first-order chi connectivity index (χ1) is 14.0. The van der Waals surface area contributed by atoms with E-state index in [9.17, 15) is 9.59 Å². The Morgan fingerprint density at radius 3 is 2.69 bits per heavy atom. The van der Waals surface area contributed by atoms with E-state index in [2.05, 4.69) is 10.6 Å². The fourth-order valence-corrected chi connectivity index (χ4v) is 2.84. The zero-order chi connectivity index (χ0) is 21.2. The number of methoxy groups -OCH3 is 1. The highest BCUT2D eigenvalue weighted by atomic mass is 35.5. The zero-order valence-electron chi connectivity index (χ0n) is 16.8. The van der Waals surface area contributed by atoms with Crippen molar-refractivity contribution in [3.63, 3.8) is 0 Å². The van der Waals surface area contributed by atoms with Gasteiger partial charge in [0.05, 0.1) is 18.7 Å². The number of nitrogens with one attached hydrogen (secondary N) is 2. The molecule has 0 aliphatic carbocycles. The third-order valence-corrected chi connectivity index (χ3v) is 4.29. The lowest BCUT2D eigenvalue weighted by Gasteiger charge is -2.12. The summed E-state index contributed by atoms with van der Waals surface area (Å²) >= 11 is 6.29. The van der Waals surface area contributed by atoms with Gasteiger partial charge in [0.1, 0.15) is 0 Å². The van der Waals surface area contributed by atoms with Crippen molar-refractivity contribution in [2.75, 3.05) is 20.8 Å². The smallest absolute Gasteiger partial charge is 0.251 e. The van der Waals surface area contributed by atoms with Crippen LogP contribution in [-0.2, 0) is 11.3 Å². The summed E-state index contributed by atoms with van der Waals surface area (Å²) in [5.41, 5.74) is 2.09. The molecule has 29 heavy (non-hydrogen) atoms. The van der Waals surface area contributed by atoms with Crippen LogP contribution < -0.4 is 20.1 Å². The van der Waals surface area contributed by atoms with Crippen LogP contribution in [0.5, 0.6) is 11.5 Å². The third kappa shape index (κ3) is 6.54. The number of ether oxygens (including phenoxy) is 2. The first-order valence-electron chi connectivity index (χ1n) is 9.25. The molecule has 2 aromatic rings. The molecule has 0 radical (unpaired) electrons. The van der Waals surface area contributed by atoms with E-state index >= 15 is 0 Å². The van der Waals surface area contributed by atoms with Crippen molar-refractivity contribution in [2.45, 2.75) is 19.9 Å². The van der Waals surface area contributed by atoms with Crippen molar-refractivity contribution in [3.05, 3.63) is 64.2 Å². The predicted molar refractivity (Wildman–Crippen MR) is 115 cm³/mol. The van der Waals surface area contributed by atoms with Gasteiger partial charge in [0.15, 0.2) is 11.5 Å². The Kier molecular flexibility index (Phi) is 8.55. The van der Waals surface area contributed by atoms with Gasteiger partial charge in [0, 0.05) is 25.2 Å². The minimum Gasteiger partial charge on any atom is -0.493 e. The van der Waals surface area contributed by atoms with Gasteiger partial charge in [-0.25, -0.2) is 0 Å². The van der Waals surface area contributed by atoms with E-state index in [4.69, 9.17) is 21.1 Å². The van der Waals surface area contributed by atoms with Crippen LogP contribution in [0.1, 0.15) is 34.8 Å². The Bertz CT molecular complexity index is 896. The average molecular weight is 417 g/mol. The molecule has 0 saturated carbocycles. The average Bonchev–Trinajstić information content (AvgIpc) is 2.74. The fourth-order valence-electron chi connectivity index (χ4n) is 2.57. The van der Waals surface area contributed by atoms with Crippen LogP contribution in [0.25, 0.3) is 6.08 Å². The van der Waals surface area contributed by atoms with E-state index in [1.165, 1.54) is 13.2 Å². The molecule has 0 aliphatic heterocycles. The molecule has 2 N–H and O–H groups in total. The van der Waals surface area contributed by atoms with E-state index in [1.54, 1.807) is 43.5 Å². The maximum atomic E-state index is 12.1. The standard InChI is InChI=1S/C22H25ClN2O4/c1-4-10-29-21-18(23)12-15(13-19(21)28-3)8-9-20(26)25-14-16-6-5-7-17(11-16)22(27)24-2/h5-9,11-13H,4,10,14H2,1-3H3,(H,24,27)(H,25,26)/b9-8+. The normalized spacial score (nSPS) is 10.6. The van der Waals surface area contributed by atoms with E-state index in [-0.39, 0.29) is 11.8 Å². The molecule has 7 heteroatoms. The molecule has 0 bridgehead atoms. The number of hydrogen-bond donors (Lipinski definition) is 2. The van der Waals surface area contributed by atoms with Gasteiger partial charge in [0.25, 0.3) is 5.91 Å². The monoisotopic (exact) mass is 416 g/mol. The molecule has 6 nitrogen and oxygen atoms in total. The van der Waals surface area contributed by atoms with Crippen LogP contribution in [-0.4, -0.2) is 32.6 Å². The largest absolute Gasteiger partial charge is 0.493 e. The molecule has 0 unspecified atom stereocenters. The van der Waals surface area contributed by atoms with Crippen molar-refractivity contribution in [1.29, 1.82) is 0 Å². The summed E-state index contributed by atoms with van der Waals surface area (Å²) in [6.07, 6.45) is 3.92. The Morgan fingerprint density at radius 2 is 2.00 bits per heavy atom. The van der Waals surface area contributed by atoms with Gasteiger partial charge in [-0.1, -0.05) is 30.7 Å². The quantitative estimate of drug-likeness (QED) is 0.609. The number of carbonyl (C=O) groups is 2. The lowest BCUT2D eigenvalue weighted by Crippen LogP contribution is -2.21. The molecular weight excluding hydrogens is 392 g/mol. The minimum atomic E-state index is -0.267. The highest BCUT2D eigenvalue weighted by Crippen LogP contribution is 2.36. The van der Waals surface area contributed by atoms with Gasteiger partial charge in [-0.2, -0.15) is 0 Å². The second-order valence-electron chi connectivity index (χ2n) is 6.21. The number of hydrogen-bond acceptors (Lipinski definition) is 4. The van der Waals surface area contributed by atoms with Gasteiger partial charge >= 0.3 is 0 Å². The predicted octanol–water partition coefficient (Wildman–Crippen LogP) is 3.83. The van der Waals surface area contributed by atoms with Crippen LogP contribution >= 0.6 is 11.6 Å². The van der Waals surface area contributed by atoms with Crippen LogP contribution in [0, 0.1) is 0 Å². The van der Waals surface area contributed by atoms with Gasteiger partial charge in [-0.05, 0) is 47.9 Å². The number of amides is 2. The summed E-state index contributed by atoms with van der Waals surface area (Å²) in [6, 6.07) is 10.5. The molecule has 0 atom stereocenters. The van der Waals surface area contributed by atoms with E-state index < -0.39 is 0 Å². The number of benzene rings is 2. The van der Waals surface area contributed by atoms with Crippen LogP contribution in [0.2, 0.25) is 5.02 Å². The minimum absolute atomic E-state index is 0.171. The summed E-state index contributed by atoms with van der Waals surface area (Å²) in [4.78, 5) is 23.8. The summed E-state index contributed by atoms with van der Waals surface area (Å²) < 4.78 is 11.0. The Balaban J connectivity index is 2.02. The summed E-state index contributed by atoms with van der Waals surface area (Å²) in [5.74, 6) is 0.567. The second-order valence-corrected chi connectivity index (χ2v) is 6.62. The van der Waals surface area contributed by atoms with Crippen LogP contribution in [0.4, 0.5) is 0 Å². The van der Waals surface area contributed by atoms with E-state index in [1.807, 2.05) is 13.0 Å². The molecule has 0 fully saturated rings. The Morgan fingerprint density at radius 1 is 1.21 bits per heavy atom. The van der Waals surface area contributed by atoms with Crippen molar-refractivity contribution in [2.24, 2.45) is 0 Å². The maximum absolute atomic E-state index is 12.1. The summed E-state index contributed by atoms with van der Waals surface area (Å²) in [5, 5.41) is 5.78. The third-order valence-electron chi connectivity index (χ3n) is 4.01. The van der Waals surface area contributed by atoms with Crippen molar-refractivity contribution < 1.29 is 19.1 Å². The Hall–Kier alpha value is -2.99. The SMILES string of the molecule is CCCOc1c(Cl)cc(/C=C/C(=O)NCc2cccc(C(=O)NC)c2)cc1OC. The molecule has 0 aliphatic rings. The molecule has 0 aromatic heterocycles. The zero-order valence-corrected chi connectivity index (χ0v) is 17.5. The lowest BCUT2D eigenvalue weighted by molar-refractivity contribution is -0.116. The fraction of sp³-hybridized carbons (Fsp3) is 0.273. The Labute approximate surface area is 175 Å². The summed E-state index contributed by atoms with van der Waals surface area (Å²) in [6.45, 7) is 2.85. The molecule has 0 heterocycles. The van der Waals surface area contributed by atoms with E-state index in [0.29, 0.717) is 40.8 Å². The van der Waals surface area contributed by atoms with Gasteiger partial charge in [-0.3, -0.25) is 9.59 Å². The molecule has 2 aromatic carbocycles. The van der Waals surface area contributed by atoms with Gasteiger partial charge in [0.2, 0.25) is 5.91 Å². The number of rotatable bonds is 9.